The summed E-state index contributed by atoms with van der Waals surface area (Å²) >= 11 is 7.67. The Balaban J connectivity index is 1.68. The lowest BCUT2D eigenvalue weighted by Crippen LogP contribution is -2.52. The summed E-state index contributed by atoms with van der Waals surface area (Å²) in [5.41, 5.74) is 0.404. The number of carbonyl (C=O) groups excluding carboxylic acids is 1. The summed E-state index contributed by atoms with van der Waals surface area (Å²) in [7, 11) is -6.95. The standard InChI is InChI=1S/C16H21ClN2O5S3/c1-25-12-2-3-15(17)14(10-12)16(20)18-5-7-19(8-6-18)27(23,24)13-4-9-26(21,22)11-13/h2-3,10,13H,4-9,11H2,1H3/t13-/m1/s1. The molecule has 0 aromatic heterocycles. The lowest BCUT2D eigenvalue weighted by molar-refractivity contribution is 0.0697. The van der Waals surface area contributed by atoms with Gasteiger partial charge in [0.1, 0.15) is 0 Å². The number of carbonyl (C=O) groups is 1. The molecule has 0 bridgehead atoms. The molecule has 2 aliphatic rings. The van der Waals surface area contributed by atoms with Crippen LogP contribution in [0.25, 0.3) is 0 Å². The van der Waals surface area contributed by atoms with Crippen molar-refractivity contribution in [3.63, 3.8) is 0 Å². The number of piperazine rings is 1. The van der Waals surface area contributed by atoms with E-state index in [1.165, 1.54) is 16.1 Å². The van der Waals surface area contributed by atoms with Crippen LogP contribution in [0.5, 0.6) is 0 Å². The lowest BCUT2D eigenvalue weighted by Gasteiger charge is -2.35. The number of hydrogen-bond donors (Lipinski definition) is 0. The number of nitrogens with zero attached hydrogens (tertiary/aromatic N) is 2. The van der Waals surface area contributed by atoms with Gasteiger partial charge in [-0.15, -0.1) is 11.8 Å². The minimum atomic E-state index is -3.68. The van der Waals surface area contributed by atoms with E-state index in [1.807, 2.05) is 12.3 Å². The van der Waals surface area contributed by atoms with Crippen molar-refractivity contribution in [2.24, 2.45) is 0 Å². The molecule has 11 heteroatoms. The molecular weight excluding hydrogens is 432 g/mol. The third-order valence-corrected chi connectivity index (χ3v) is 10.3. The van der Waals surface area contributed by atoms with Crippen LogP contribution in [0.2, 0.25) is 5.02 Å². The molecule has 150 valence electrons. The Morgan fingerprint density at radius 1 is 1.22 bits per heavy atom. The van der Waals surface area contributed by atoms with E-state index in [-0.39, 0.29) is 50.0 Å². The largest absolute Gasteiger partial charge is 0.336 e. The van der Waals surface area contributed by atoms with Crippen molar-refractivity contribution in [3.05, 3.63) is 28.8 Å². The average molecular weight is 453 g/mol. The molecule has 2 saturated heterocycles. The molecule has 2 aliphatic heterocycles. The number of sulfonamides is 1. The van der Waals surface area contributed by atoms with Gasteiger partial charge in [0, 0.05) is 31.1 Å². The number of thioether (sulfide) groups is 1. The zero-order valence-electron chi connectivity index (χ0n) is 14.8. The highest BCUT2D eigenvalue weighted by Crippen LogP contribution is 2.26. The Hall–Kier alpha value is -0.810. The SMILES string of the molecule is CSc1ccc(Cl)c(C(=O)N2CCN(S(=O)(=O)[C@@H]3CCS(=O)(=O)C3)CC2)c1. The molecular formula is C16H21ClN2O5S3. The minimum Gasteiger partial charge on any atom is -0.336 e. The van der Waals surface area contributed by atoms with E-state index < -0.39 is 25.1 Å². The van der Waals surface area contributed by atoms with E-state index in [1.54, 1.807) is 17.0 Å². The highest BCUT2D eigenvalue weighted by molar-refractivity contribution is 7.98. The van der Waals surface area contributed by atoms with Crippen molar-refractivity contribution < 1.29 is 21.6 Å². The van der Waals surface area contributed by atoms with E-state index >= 15 is 0 Å². The third-order valence-electron chi connectivity index (χ3n) is 4.90. The van der Waals surface area contributed by atoms with Crippen LogP contribution in [0.1, 0.15) is 16.8 Å². The van der Waals surface area contributed by atoms with Crippen LogP contribution in [-0.2, 0) is 19.9 Å². The third kappa shape index (κ3) is 4.45. The second-order valence-electron chi connectivity index (χ2n) is 6.61. The van der Waals surface area contributed by atoms with Gasteiger partial charge in [0.25, 0.3) is 5.91 Å². The molecule has 0 saturated carbocycles. The number of amides is 1. The van der Waals surface area contributed by atoms with Crippen LogP contribution in [0.4, 0.5) is 0 Å². The van der Waals surface area contributed by atoms with Crippen molar-refractivity contribution in [2.45, 2.75) is 16.6 Å². The number of rotatable bonds is 4. The number of sulfone groups is 1. The number of hydrogen-bond acceptors (Lipinski definition) is 6. The summed E-state index contributed by atoms with van der Waals surface area (Å²) < 4.78 is 49.9. The summed E-state index contributed by atoms with van der Waals surface area (Å²) in [5.74, 6) is -0.623. The maximum atomic E-state index is 12.8. The van der Waals surface area contributed by atoms with Crippen molar-refractivity contribution in [1.29, 1.82) is 0 Å². The average Bonchev–Trinajstić information content (AvgIpc) is 3.02. The fourth-order valence-corrected chi connectivity index (χ4v) is 8.47. The lowest BCUT2D eigenvalue weighted by atomic mass is 10.2. The van der Waals surface area contributed by atoms with Gasteiger partial charge < -0.3 is 4.90 Å². The van der Waals surface area contributed by atoms with Crippen LogP contribution in [0.15, 0.2) is 23.1 Å². The quantitative estimate of drug-likeness (QED) is 0.640. The van der Waals surface area contributed by atoms with Gasteiger partial charge in [-0.05, 0) is 30.9 Å². The first-order chi connectivity index (χ1) is 12.6. The molecule has 0 N–H and O–H groups in total. The van der Waals surface area contributed by atoms with Gasteiger partial charge in [-0.2, -0.15) is 4.31 Å². The van der Waals surface area contributed by atoms with Crippen LogP contribution < -0.4 is 0 Å². The van der Waals surface area contributed by atoms with Gasteiger partial charge >= 0.3 is 0 Å². The molecule has 7 nitrogen and oxygen atoms in total. The van der Waals surface area contributed by atoms with Gasteiger partial charge in [0.05, 0.1) is 27.3 Å². The number of halogens is 1. The highest BCUT2D eigenvalue weighted by Gasteiger charge is 2.41. The van der Waals surface area contributed by atoms with E-state index in [2.05, 4.69) is 0 Å². The first-order valence-corrected chi connectivity index (χ1v) is 13.4. The van der Waals surface area contributed by atoms with Gasteiger partial charge in [-0.25, -0.2) is 16.8 Å². The first kappa shape index (κ1) is 20.9. The predicted molar refractivity (Wildman–Crippen MR) is 107 cm³/mol. The summed E-state index contributed by atoms with van der Waals surface area (Å²) in [6.07, 6.45) is 2.05. The molecule has 2 fully saturated rings. The minimum absolute atomic E-state index is 0.0837. The zero-order chi connectivity index (χ0) is 19.8. The van der Waals surface area contributed by atoms with Crippen LogP contribution in [0, 0.1) is 0 Å². The Bertz CT molecular complexity index is 941. The van der Waals surface area contributed by atoms with Crippen molar-refractivity contribution >= 4 is 49.1 Å². The molecule has 0 radical (unpaired) electrons. The molecule has 27 heavy (non-hydrogen) atoms. The monoisotopic (exact) mass is 452 g/mol. The normalized spacial score (nSPS) is 23.5. The first-order valence-electron chi connectivity index (χ1n) is 8.46. The van der Waals surface area contributed by atoms with E-state index in [0.29, 0.717) is 10.6 Å². The second-order valence-corrected chi connectivity index (χ2v) is 12.3. The molecule has 3 rings (SSSR count). The Labute approximate surface area is 169 Å². The molecule has 0 aliphatic carbocycles. The molecule has 0 spiro atoms. The fourth-order valence-electron chi connectivity index (χ4n) is 3.32. The zero-order valence-corrected chi connectivity index (χ0v) is 18.0. The van der Waals surface area contributed by atoms with Crippen molar-refractivity contribution in [1.82, 2.24) is 9.21 Å². The molecule has 1 atom stereocenters. The number of benzene rings is 1. The van der Waals surface area contributed by atoms with E-state index in [0.717, 1.165) is 4.90 Å². The van der Waals surface area contributed by atoms with Crippen LogP contribution >= 0.6 is 23.4 Å². The highest BCUT2D eigenvalue weighted by atomic mass is 35.5. The maximum absolute atomic E-state index is 12.8. The Morgan fingerprint density at radius 3 is 2.44 bits per heavy atom. The Morgan fingerprint density at radius 2 is 1.89 bits per heavy atom. The molecule has 0 unspecified atom stereocenters. The van der Waals surface area contributed by atoms with Gasteiger partial charge in [-0.3, -0.25) is 4.79 Å². The topological polar surface area (TPSA) is 91.8 Å². The van der Waals surface area contributed by atoms with Gasteiger partial charge in [0.15, 0.2) is 9.84 Å². The molecule has 1 aromatic rings. The summed E-state index contributed by atoms with van der Waals surface area (Å²) in [6.45, 7) is 0.809. The maximum Gasteiger partial charge on any atom is 0.255 e. The fraction of sp³-hybridized carbons (Fsp3) is 0.562. The molecule has 1 aromatic carbocycles. The van der Waals surface area contributed by atoms with E-state index in [9.17, 15) is 21.6 Å². The van der Waals surface area contributed by atoms with Gasteiger partial charge in [0.2, 0.25) is 10.0 Å². The molecule has 1 amide bonds. The predicted octanol–water partition coefficient (Wildman–Crippen LogP) is 1.34. The van der Waals surface area contributed by atoms with Crippen LogP contribution in [0.3, 0.4) is 0 Å². The van der Waals surface area contributed by atoms with E-state index in [4.69, 9.17) is 11.6 Å². The molecule has 2 heterocycles. The van der Waals surface area contributed by atoms with Crippen molar-refractivity contribution in [2.75, 3.05) is 43.9 Å². The summed E-state index contributed by atoms with van der Waals surface area (Å²) in [6, 6.07) is 5.26. The second kappa shape index (κ2) is 7.90. The van der Waals surface area contributed by atoms with Crippen molar-refractivity contribution in [3.8, 4) is 0 Å². The van der Waals surface area contributed by atoms with Crippen LogP contribution in [-0.4, -0.2) is 81.1 Å². The Kier molecular flexibility index (Phi) is 6.12. The van der Waals surface area contributed by atoms with Gasteiger partial charge in [-0.1, -0.05) is 11.6 Å². The summed E-state index contributed by atoms with van der Waals surface area (Å²) in [5, 5.41) is -0.513. The smallest absolute Gasteiger partial charge is 0.255 e. The summed E-state index contributed by atoms with van der Waals surface area (Å²) in [4.78, 5) is 15.3.